The summed E-state index contributed by atoms with van der Waals surface area (Å²) in [4.78, 5) is 0. The summed E-state index contributed by atoms with van der Waals surface area (Å²) >= 11 is 0. The van der Waals surface area contributed by atoms with Crippen molar-refractivity contribution in [3.8, 4) is 5.69 Å². The van der Waals surface area contributed by atoms with Gasteiger partial charge in [0.15, 0.2) is 0 Å². The Bertz CT molecular complexity index is 814. The summed E-state index contributed by atoms with van der Waals surface area (Å²) in [7, 11) is 1.56. The first-order chi connectivity index (χ1) is 11.8. The molecule has 0 aliphatic carbocycles. The number of nitrogens with two attached hydrogens (primary N) is 2. The molecular weight excluding hydrogens is 333 g/mol. The molecule has 1 aromatic carbocycles. The van der Waals surface area contributed by atoms with Gasteiger partial charge >= 0.3 is 6.18 Å². The molecule has 0 radical (unpaired) electrons. The number of rotatable bonds is 5. The number of aromatic nitrogens is 1. The van der Waals surface area contributed by atoms with Crippen LogP contribution in [0, 0.1) is 0 Å². The number of allylic oxidation sites excluding steroid dienone is 1. The molecule has 0 atom stereocenters. The first-order valence-electron chi connectivity index (χ1n) is 7.18. The lowest BCUT2D eigenvalue weighted by Gasteiger charge is -2.16. The Morgan fingerprint density at radius 3 is 2.64 bits per heavy atom. The number of hydrogen-bond acceptors (Lipinski definition) is 3. The van der Waals surface area contributed by atoms with E-state index in [0.29, 0.717) is 11.4 Å². The molecule has 1 aromatic heterocycles. The Morgan fingerprint density at radius 2 is 2.00 bits per heavy atom. The number of halogens is 3. The third-order valence-electron chi connectivity index (χ3n) is 3.22. The van der Waals surface area contributed by atoms with Gasteiger partial charge in [-0.05, 0) is 42.5 Å². The van der Waals surface area contributed by atoms with Crippen molar-refractivity contribution in [1.29, 1.82) is 0 Å². The topological polar surface area (TPSA) is 93.7 Å². The summed E-state index contributed by atoms with van der Waals surface area (Å²) in [6, 6.07) is 7.40. The standard InChI is InChI=1S/C16H17F3N6/c1-22-11-6-7-14(13(10-11)16(17,18)19)25-9-3-5-12(25)4-2-8-23-24-15(20)21/h2-10,22H,1H3,(H4,20,21,24)/b4-2+,23-8+. The molecule has 0 spiro atoms. The van der Waals surface area contributed by atoms with Crippen molar-refractivity contribution in [2.75, 3.05) is 12.4 Å². The third-order valence-corrected chi connectivity index (χ3v) is 3.22. The molecule has 0 amide bonds. The van der Waals surface area contributed by atoms with Gasteiger partial charge in [-0.15, -0.1) is 5.10 Å². The van der Waals surface area contributed by atoms with Crippen LogP contribution in [0.15, 0.2) is 52.8 Å². The fourth-order valence-corrected chi connectivity index (χ4v) is 2.16. The predicted molar refractivity (Wildman–Crippen MR) is 93.7 cm³/mol. The molecule has 0 saturated heterocycles. The lowest BCUT2D eigenvalue weighted by molar-refractivity contribution is -0.137. The molecule has 0 fully saturated rings. The number of anilines is 1. The zero-order valence-corrected chi connectivity index (χ0v) is 13.3. The largest absolute Gasteiger partial charge is 0.418 e. The van der Waals surface area contributed by atoms with Crippen LogP contribution in [0.4, 0.5) is 18.9 Å². The van der Waals surface area contributed by atoms with Gasteiger partial charge in [-0.1, -0.05) is 0 Å². The second-order valence-electron chi connectivity index (χ2n) is 4.93. The van der Waals surface area contributed by atoms with Gasteiger partial charge in [0.05, 0.1) is 11.3 Å². The number of nitrogens with one attached hydrogen (secondary N) is 1. The molecule has 6 nitrogen and oxygen atoms in total. The highest BCUT2D eigenvalue weighted by Crippen LogP contribution is 2.36. The van der Waals surface area contributed by atoms with E-state index in [1.807, 2.05) is 0 Å². The molecule has 2 rings (SSSR count). The van der Waals surface area contributed by atoms with Gasteiger partial charge < -0.3 is 21.4 Å². The minimum atomic E-state index is -4.48. The van der Waals surface area contributed by atoms with Crippen molar-refractivity contribution in [1.82, 2.24) is 4.57 Å². The van der Waals surface area contributed by atoms with Crippen LogP contribution in [0.2, 0.25) is 0 Å². The molecule has 0 aliphatic heterocycles. The summed E-state index contributed by atoms with van der Waals surface area (Å²) in [6.45, 7) is 0. The average Bonchev–Trinajstić information content (AvgIpc) is 3.01. The zero-order valence-electron chi connectivity index (χ0n) is 13.3. The van der Waals surface area contributed by atoms with Crippen molar-refractivity contribution >= 4 is 23.9 Å². The highest BCUT2D eigenvalue weighted by atomic mass is 19.4. The lowest BCUT2D eigenvalue weighted by Crippen LogP contribution is -2.21. The third kappa shape index (κ3) is 4.63. The Hall–Kier alpha value is -3.23. The van der Waals surface area contributed by atoms with Crippen molar-refractivity contribution in [3.63, 3.8) is 0 Å². The normalized spacial score (nSPS) is 12.0. The van der Waals surface area contributed by atoms with Crippen LogP contribution in [0.25, 0.3) is 11.8 Å². The van der Waals surface area contributed by atoms with Crippen LogP contribution in [0.1, 0.15) is 11.3 Å². The van der Waals surface area contributed by atoms with E-state index < -0.39 is 11.7 Å². The maximum atomic E-state index is 13.4. The highest BCUT2D eigenvalue weighted by molar-refractivity contribution is 5.80. The van der Waals surface area contributed by atoms with Gasteiger partial charge in [0.25, 0.3) is 0 Å². The van der Waals surface area contributed by atoms with E-state index in [4.69, 9.17) is 11.5 Å². The fraction of sp³-hybridized carbons (Fsp3) is 0.125. The van der Waals surface area contributed by atoms with E-state index >= 15 is 0 Å². The average molecular weight is 350 g/mol. The van der Waals surface area contributed by atoms with Crippen molar-refractivity contribution in [2.24, 2.45) is 21.7 Å². The number of benzene rings is 1. The molecule has 25 heavy (non-hydrogen) atoms. The molecule has 5 N–H and O–H groups in total. The monoisotopic (exact) mass is 350 g/mol. The van der Waals surface area contributed by atoms with E-state index in [-0.39, 0.29) is 11.6 Å². The van der Waals surface area contributed by atoms with E-state index in [1.165, 1.54) is 22.9 Å². The Labute approximate surface area is 142 Å². The SMILES string of the molecule is CNc1ccc(-n2cccc2/C=C/C=N/N=C(N)N)c(C(F)(F)F)c1. The number of alkyl halides is 3. The van der Waals surface area contributed by atoms with E-state index in [0.717, 1.165) is 6.07 Å². The first kappa shape index (κ1) is 18.1. The van der Waals surface area contributed by atoms with E-state index in [9.17, 15) is 13.2 Å². The fourth-order valence-electron chi connectivity index (χ4n) is 2.16. The van der Waals surface area contributed by atoms with E-state index in [1.54, 1.807) is 37.5 Å². The quantitative estimate of drug-likeness (QED) is 0.440. The second kappa shape index (κ2) is 7.56. The first-order valence-corrected chi connectivity index (χ1v) is 7.18. The Morgan fingerprint density at radius 1 is 1.24 bits per heavy atom. The Kier molecular flexibility index (Phi) is 5.48. The number of nitrogens with zero attached hydrogens (tertiary/aromatic N) is 3. The van der Waals surface area contributed by atoms with Crippen molar-refractivity contribution in [3.05, 3.63) is 53.9 Å². The van der Waals surface area contributed by atoms with Gasteiger partial charge in [0, 0.05) is 30.8 Å². The van der Waals surface area contributed by atoms with Gasteiger partial charge in [0.1, 0.15) is 0 Å². The number of guanidine groups is 1. The minimum Gasteiger partial charge on any atom is -0.388 e. The van der Waals surface area contributed by atoms with Gasteiger partial charge in [0.2, 0.25) is 5.96 Å². The second-order valence-corrected chi connectivity index (χ2v) is 4.93. The van der Waals surface area contributed by atoms with Crippen LogP contribution in [-0.2, 0) is 6.18 Å². The molecular formula is C16H17F3N6. The summed E-state index contributed by atoms with van der Waals surface area (Å²) in [5, 5.41) is 9.71. The maximum Gasteiger partial charge on any atom is 0.418 e. The van der Waals surface area contributed by atoms with Gasteiger partial charge in [-0.25, -0.2) is 0 Å². The number of hydrogen-bond donors (Lipinski definition) is 3. The molecule has 0 saturated carbocycles. The molecule has 0 unspecified atom stereocenters. The Balaban J connectivity index is 2.41. The summed E-state index contributed by atoms with van der Waals surface area (Å²) in [6.07, 6.45) is 1.51. The van der Waals surface area contributed by atoms with Crippen molar-refractivity contribution < 1.29 is 13.2 Å². The van der Waals surface area contributed by atoms with Gasteiger partial charge in [-0.3, -0.25) is 0 Å². The molecule has 2 aromatic rings. The molecule has 0 bridgehead atoms. The van der Waals surface area contributed by atoms with Crippen LogP contribution in [0.3, 0.4) is 0 Å². The minimum absolute atomic E-state index is 0.0253. The molecule has 1 heterocycles. The van der Waals surface area contributed by atoms with Gasteiger partial charge in [-0.2, -0.15) is 18.3 Å². The smallest absolute Gasteiger partial charge is 0.388 e. The predicted octanol–water partition coefficient (Wildman–Crippen LogP) is 2.81. The summed E-state index contributed by atoms with van der Waals surface area (Å²) in [5.41, 5.74) is 10.5. The summed E-state index contributed by atoms with van der Waals surface area (Å²) < 4.78 is 41.6. The van der Waals surface area contributed by atoms with Crippen LogP contribution >= 0.6 is 0 Å². The van der Waals surface area contributed by atoms with Crippen LogP contribution in [0.5, 0.6) is 0 Å². The molecule has 9 heteroatoms. The van der Waals surface area contributed by atoms with Crippen molar-refractivity contribution in [2.45, 2.75) is 6.18 Å². The molecule has 0 aliphatic rings. The van der Waals surface area contributed by atoms with E-state index in [2.05, 4.69) is 15.5 Å². The van der Waals surface area contributed by atoms with Crippen LogP contribution < -0.4 is 16.8 Å². The zero-order chi connectivity index (χ0) is 18.4. The lowest BCUT2D eigenvalue weighted by atomic mass is 10.1. The molecule has 132 valence electrons. The van der Waals surface area contributed by atoms with Crippen LogP contribution in [-0.4, -0.2) is 23.8 Å². The summed E-state index contributed by atoms with van der Waals surface area (Å²) in [5.74, 6) is -0.188. The highest BCUT2D eigenvalue weighted by Gasteiger charge is 2.34. The maximum absolute atomic E-state index is 13.4.